The van der Waals surface area contributed by atoms with Crippen LogP contribution in [0.4, 0.5) is 5.95 Å². The lowest BCUT2D eigenvalue weighted by Gasteiger charge is -2.19. The third-order valence-corrected chi connectivity index (χ3v) is 7.09. The van der Waals surface area contributed by atoms with Crippen LogP contribution in [0.15, 0.2) is 45.0 Å². The van der Waals surface area contributed by atoms with Gasteiger partial charge in [0.05, 0.1) is 18.0 Å². The number of aromatic nitrogens is 4. The number of aliphatic imine (C=N–C) groups is 2. The van der Waals surface area contributed by atoms with Crippen molar-refractivity contribution in [2.45, 2.75) is 70.0 Å². The minimum atomic E-state index is -0.296. The summed E-state index contributed by atoms with van der Waals surface area (Å²) in [6.45, 7) is 4.00. The van der Waals surface area contributed by atoms with Gasteiger partial charge in [0.2, 0.25) is 11.8 Å². The maximum atomic E-state index is 12.9. The summed E-state index contributed by atoms with van der Waals surface area (Å²) >= 11 is 0. The fourth-order valence-electron chi connectivity index (χ4n) is 4.68. The highest BCUT2D eigenvalue weighted by molar-refractivity contribution is 6.35. The molecule has 2 aromatic heterocycles. The molecular formula is C26H28N8O2. The van der Waals surface area contributed by atoms with Gasteiger partial charge in [-0.3, -0.25) is 9.79 Å². The Bertz CT molecular complexity index is 1370. The summed E-state index contributed by atoms with van der Waals surface area (Å²) in [5, 5.41) is 10.2. The first-order chi connectivity index (χ1) is 17.5. The van der Waals surface area contributed by atoms with Crippen LogP contribution in [-0.2, 0) is 11.8 Å². The highest BCUT2D eigenvalue weighted by atomic mass is 16.5. The molecule has 2 N–H and O–H groups in total. The molecule has 6 rings (SSSR count). The maximum absolute atomic E-state index is 12.9. The third-order valence-electron chi connectivity index (χ3n) is 7.09. The standard InChI is InChI=1S/C26H28N8O2/c1-15-28-14-21(29-15)32-25-27-12-9-19(31-25)17-7-8-18-16(13-17)5-3-4-6-20(18)30-23(35)22-33-24(36-34-22)26(2)10-11-26/h7-9,12-15,20H,3-6,10-11H2,1-2H3,(H,30,35)(H,27,29,31,32)/t15?,20-/m1/s1. The molecule has 2 atom stereocenters. The van der Waals surface area contributed by atoms with Gasteiger partial charge in [-0.05, 0) is 62.3 Å². The summed E-state index contributed by atoms with van der Waals surface area (Å²) in [6, 6.07) is 8.10. The van der Waals surface area contributed by atoms with Gasteiger partial charge >= 0.3 is 0 Å². The number of amides is 1. The van der Waals surface area contributed by atoms with E-state index < -0.39 is 0 Å². The molecule has 1 aromatic carbocycles. The van der Waals surface area contributed by atoms with E-state index in [4.69, 9.17) is 4.52 Å². The van der Waals surface area contributed by atoms with Crippen molar-refractivity contribution in [3.63, 3.8) is 0 Å². The van der Waals surface area contributed by atoms with Gasteiger partial charge in [-0.2, -0.15) is 4.98 Å². The Kier molecular flexibility index (Phi) is 5.58. The number of rotatable bonds is 5. The molecule has 1 saturated carbocycles. The predicted molar refractivity (Wildman–Crippen MR) is 135 cm³/mol. The van der Waals surface area contributed by atoms with E-state index in [2.05, 4.69) is 59.8 Å². The predicted octanol–water partition coefficient (Wildman–Crippen LogP) is 4.02. The number of anilines is 1. The van der Waals surface area contributed by atoms with Gasteiger partial charge in [0.1, 0.15) is 12.0 Å². The smallest absolute Gasteiger partial charge is 0.293 e. The molecule has 3 aliphatic rings. The van der Waals surface area contributed by atoms with E-state index in [1.165, 1.54) is 5.56 Å². The summed E-state index contributed by atoms with van der Waals surface area (Å²) in [5.74, 6) is 1.49. The molecule has 36 heavy (non-hydrogen) atoms. The van der Waals surface area contributed by atoms with Gasteiger partial charge in [-0.25, -0.2) is 15.0 Å². The second-order valence-electron chi connectivity index (χ2n) is 9.98. The largest absolute Gasteiger partial charge is 0.342 e. The number of hydrogen-bond donors (Lipinski definition) is 2. The Morgan fingerprint density at radius 2 is 2.06 bits per heavy atom. The van der Waals surface area contributed by atoms with Crippen LogP contribution in [0.5, 0.6) is 0 Å². The fourth-order valence-corrected chi connectivity index (χ4v) is 4.68. The number of carbonyl (C=O) groups excluding carboxylic acids is 1. The van der Waals surface area contributed by atoms with Crippen molar-refractivity contribution in [1.29, 1.82) is 0 Å². The van der Waals surface area contributed by atoms with E-state index in [-0.39, 0.29) is 29.4 Å². The molecular weight excluding hydrogens is 456 g/mol. The molecule has 2 aliphatic carbocycles. The lowest BCUT2D eigenvalue weighted by atomic mass is 9.95. The van der Waals surface area contributed by atoms with Crippen molar-refractivity contribution in [2.24, 2.45) is 9.98 Å². The minimum Gasteiger partial charge on any atom is -0.342 e. The van der Waals surface area contributed by atoms with E-state index in [0.29, 0.717) is 17.7 Å². The Morgan fingerprint density at radius 3 is 2.86 bits per heavy atom. The first-order valence-electron chi connectivity index (χ1n) is 12.5. The minimum absolute atomic E-state index is 0.0657. The lowest BCUT2D eigenvalue weighted by Crippen LogP contribution is -2.29. The number of aryl methyl sites for hydroxylation is 1. The van der Waals surface area contributed by atoms with Gasteiger partial charge in [0.15, 0.2) is 0 Å². The zero-order valence-corrected chi connectivity index (χ0v) is 20.4. The summed E-state index contributed by atoms with van der Waals surface area (Å²) < 4.78 is 5.36. The number of nitrogens with one attached hydrogen (secondary N) is 2. The fraction of sp³-hybridized carbons (Fsp3) is 0.423. The lowest BCUT2D eigenvalue weighted by molar-refractivity contribution is 0.0921. The van der Waals surface area contributed by atoms with Crippen LogP contribution in [-0.4, -0.2) is 44.2 Å². The van der Waals surface area contributed by atoms with Crippen LogP contribution in [0.1, 0.15) is 79.6 Å². The molecule has 10 nitrogen and oxygen atoms in total. The second-order valence-corrected chi connectivity index (χ2v) is 9.98. The van der Waals surface area contributed by atoms with Crippen LogP contribution < -0.4 is 10.6 Å². The quantitative estimate of drug-likeness (QED) is 0.523. The van der Waals surface area contributed by atoms with E-state index in [0.717, 1.165) is 55.3 Å². The maximum Gasteiger partial charge on any atom is 0.293 e. The Morgan fingerprint density at radius 1 is 1.17 bits per heavy atom. The molecule has 184 valence electrons. The molecule has 3 heterocycles. The van der Waals surface area contributed by atoms with Crippen LogP contribution >= 0.6 is 0 Å². The highest BCUT2D eigenvalue weighted by Crippen LogP contribution is 2.46. The van der Waals surface area contributed by atoms with E-state index in [1.54, 1.807) is 12.4 Å². The first-order valence-corrected chi connectivity index (χ1v) is 12.5. The molecule has 0 spiro atoms. The third kappa shape index (κ3) is 4.50. The van der Waals surface area contributed by atoms with Gasteiger partial charge < -0.3 is 15.2 Å². The average molecular weight is 485 g/mol. The molecule has 0 saturated heterocycles. The topological polar surface area (TPSA) is 131 Å². The molecule has 1 unspecified atom stereocenters. The van der Waals surface area contributed by atoms with E-state index in [9.17, 15) is 4.79 Å². The molecule has 1 fully saturated rings. The van der Waals surface area contributed by atoms with Crippen molar-refractivity contribution in [2.75, 3.05) is 5.32 Å². The number of hydrogen-bond acceptors (Lipinski definition) is 9. The van der Waals surface area contributed by atoms with Gasteiger partial charge in [-0.1, -0.05) is 30.6 Å². The molecule has 3 aromatic rings. The van der Waals surface area contributed by atoms with Gasteiger partial charge in [0, 0.05) is 17.2 Å². The molecule has 1 aliphatic heterocycles. The monoisotopic (exact) mass is 484 g/mol. The zero-order valence-electron chi connectivity index (χ0n) is 20.4. The number of fused-ring (bicyclic) bond motifs is 1. The van der Waals surface area contributed by atoms with Crippen LogP contribution in [0.2, 0.25) is 0 Å². The van der Waals surface area contributed by atoms with Crippen LogP contribution in [0, 0.1) is 0 Å². The normalized spacial score (nSPS) is 21.9. The van der Waals surface area contributed by atoms with E-state index >= 15 is 0 Å². The van der Waals surface area contributed by atoms with Crippen molar-refractivity contribution in [1.82, 2.24) is 25.4 Å². The molecule has 0 bridgehead atoms. The summed E-state index contributed by atoms with van der Waals surface area (Å²) in [5.41, 5.74) is 4.09. The van der Waals surface area contributed by atoms with Crippen LogP contribution in [0.25, 0.3) is 11.3 Å². The average Bonchev–Trinajstić information content (AvgIpc) is 3.28. The van der Waals surface area contributed by atoms with Crippen molar-refractivity contribution >= 4 is 23.9 Å². The van der Waals surface area contributed by atoms with Crippen LogP contribution in [0.3, 0.4) is 0 Å². The number of nitrogens with zero attached hydrogens (tertiary/aromatic N) is 6. The molecule has 0 radical (unpaired) electrons. The van der Waals surface area contributed by atoms with Gasteiger partial charge in [-0.15, -0.1) is 0 Å². The number of benzene rings is 1. The SMILES string of the molecule is CC1N=CC(Nc2nccc(-c3ccc4c(c3)CCCC[C@H]4NC(=O)c3noc(C4(C)CC4)n3)n2)=N1. The second kappa shape index (κ2) is 8.92. The zero-order chi connectivity index (χ0) is 24.7. The highest BCUT2D eigenvalue weighted by Gasteiger charge is 2.45. The van der Waals surface area contributed by atoms with Gasteiger partial charge in [0.25, 0.3) is 11.7 Å². The molecule has 10 heteroatoms. The Labute approximate surface area is 208 Å². The summed E-state index contributed by atoms with van der Waals surface area (Å²) in [4.78, 5) is 34.9. The Balaban J connectivity index is 1.21. The summed E-state index contributed by atoms with van der Waals surface area (Å²) in [6.07, 6.45) is 9.26. The summed E-state index contributed by atoms with van der Waals surface area (Å²) in [7, 11) is 0. The first kappa shape index (κ1) is 22.5. The Hall–Kier alpha value is -3.95. The van der Waals surface area contributed by atoms with Crippen molar-refractivity contribution in [3.8, 4) is 11.3 Å². The molecule has 1 amide bonds. The number of carbonyl (C=O) groups is 1. The van der Waals surface area contributed by atoms with E-state index in [1.807, 2.05) is 19.1 Å². The number of amidine groups is 1. The van der Waals surface area contributed by atoms with Crippen molar-refractivity contribution in [3.05, 3.63) is 53.3 Å². The van der Waals surface area contributed by atoms with Crippen molar-refractivity contribution < 1.29 is 9.32 Å².